The largest absolute Gasteiger partial charge is 0.323 e. The van der Waals surface area contributed by atoms with Gasteiger partial charge in [-0.15, -0.1) is 11.6 Å². The zero-order valence-electron chi connectivity index (χ0n) is 9.85. The summed E-state index contributed by atoms with van der Waals surface area (Å²) in [6, 6.07) is 7.35. The van der Waals surface area contributed by atoms with Gasteiger partial charge in [-0.2, -0.15) is 0 Å². The molecule has 0 fully saturated rings. The van der Waals surface area contributed by atoms with Crippen molar-refractivity contribution in [1.29, 1.82) is 0 Å². The Labute approximate surface area is 111 Å². The number of imidazole rings is 1. The molecule has 0 aliphatic carbocycles. The van der Waals surface area contributed by atoms with Gasteiger partial charge in [0.15, 0.2) is 0 Å². The summed E-state index contributed by atoms with van der Waals surface area (Å²) in [5.41, 5.74) is 1.51. The predicted octanol–water partition coefficient (Wildman–Crippen LogP) is 2.18. The Kier molecular flexibility index (Phi) is 3.77. The van der Waals surface area contributed by atoms with Crippen LogP contribution >= 0.6 is 11.6 Å². The van der Waals surface area contributed by atoms with Crippen molar-refractivity contribution in [2.75, 3.05) is 16.4 Å². The summed E-state index contributed by atoms with van der Waals surface area (Å²) in [5.74, 6) is 0.417. The summed E-state index contributed by atoms with van der Waals surface area (Å²) in [5, 5.41) is 0. The Bertz CT molecular complexity index is 606. The van der Waals surface area contributed by atoms with Crippen molar-refractivity contribution in [3.63, 3.8) is 0 Å². The third-order valence-corrected chi connectivity index (χ3v) is 4.45. The summed E-state index contributed by atoms with van der Waals surface area (Å²) >= 11 is 5.61. The average Bonchev–Trinajstić information content (AvgIpc) is 2.68. The summed E-state index contributed by atoms with van der Waals surface area (Å²) < 4.78 is 26.1. The fourth-order valence-electron chi connectivity index (χ4n) is 1.61. The van der Waals surface area contributed by atoms with E-state index in [0.717, 1.165) is 11.0 Å². The highest BCUT2D eigenvalue weighted by atomic mass is 35.5. The lowest BCUT2D eigenvalue weighted by Crippen LogP contribution is -2.22. The highest BCUT2D eigenvalue weighted by molar-refractivity contribution is 7.92. The van der Waals surface area contributed by atoms with Crippen LogP contribution in [0.3, 0.4) is 0 Å². The first-order valence-corrected chi connectivity index (χ1v) is 7.70. The third kappa shape index (κ3) is 3.14. The number of hydrogen-bond acceptors (Lipinski definition) is 3. The van der Waals surface area contributed by atoms with Crippen molar-refractivity contribution in [2.45, 2.75) is 6.92 Å². The third-order valence-electron chi connectivity index (χ3n) is 2.41. The number of nitrogens with one attached hydrogen (secondary N) is 2. The zero-order valence-corrected chi connectivity index (χ0v) is 11.4. The van der Waals surface area contributed by atoms with Gasteiger partial charge in [-0.1, -0.05) is 19.1 Å². The van der Waals surface area contributed by atoms with Gasteiger partial charge in [0.1, 0.15) is 0 Å². The maximum atomic E-state index is 11.8. The number of alkyl halides is 1. The normalized spacial score (nSPS) is 13.7. The van der Waals surface area contributed by atoms with Gasteiger partial charge >= 0.3 is 0 Å². The van der Waals surface area contributed by atoms with E-state index in [9.17, 15) is 8.42 Å². The Balaban J connectivity index is 2.18. The first-order chi connectivity index (χ1) is 8.50. The van der Waals surface area contributed by atoms with Crippen molar-refractivity contribution in [2.24, 2.45) is 5.92 Å². The van der Waals surface area contributed by atoms with E-state index in [0.29, 0.717) is 5.88 Å². The maximum Gasteiger partial charge on any atom is 0.235 e. The minimum Gasteiger partial charge on any atom is -0.323 e. The molecule has 98 valence electrons. The van der Waals surface area contributed by atoms with Crippen LogP contribution in [-0.2, 0) is 10.0 Å². The second kappa shape index (κ2) is 5.16. The van der Waals surface area contributed by atoms with E-state index in [-0.39, 0.29) is 17.6 Å². The number of aromatic amines is 1. The lowest BCUT2D eigenvalue weighted by atomic mass is 10.3. The van der Waals surface area contributed by atoms with E-state index >= 15 is 0 Å². The second-order valence-electron chi connectivity index (χ2n) is 4.25. The van der Waals surface area contributed by atoms with Gasteiger partial charge in [-0.05, 0) is 18.1 Å². The molecule has 1 heterocycles. The molecule has 0 aliphatic rings. The number of anilines is 1. The second-order valence-corrected chi connectivity index (χ2v) is 6.32. The van der Waals surface area contributed by atoms with Gasteiger partial charge in [0.25, 0.3) is 0 Å². The fraction of sp³-hybridized carbons (Fsp3) is 0.364. The van der Waals surface area contributed by atoms with Gasteiger partial charge < -0.3 is 4.98 Å². The highest BCUT2D eigenvalue weighted by Gasteiger charge is 2.16. The van der Waals surface area contributed by atoms with Crippen LogP contribution in [0.1, 0.15) is 6.92 Å². The van der Waals surface area contributed by atoms with Crippen LogP contribution in [0, 0.1) is 5.92 Å². The lowest BCUT2D eigenvalue weighted by molar-refractivity contribution is 0.588. The van der Waals surface area contributed by atoms with E-state index in [1.54, 1.807) is 6.92 Å². The van der Waals surface area contributed by atoms with Crippen LogP contribution in [-0.4, -0.2) is 30.0 Å². The molecule has 0 aliphatic heterocycles. The number of benzene rings is 1. The number of H-pyrrole nitrogens is 1. The Morgan fingerprint density at radius 2 is 2.17 bits per heavy atom. The molecule has 2 rings (SSSR count). The van der Waals surface area contributed by atoms with E-state index < -0.39 is 10.0 Å². The van der Waals surface area contributed by atoms with Crippen molar-refractivity contribution >= 4 is 38.6 Å². The van der Waals surface area contributed by atoms with Crippen molar-refractivity contribution < 1.29 is 8.42 Å². The Hall–Kier alpha value is -1.27. The highest BCUT2D eigenvalue weighted by Crippen LogP contribution is 2.15. The number of sulfonamides is 1. The molecular weight excluding hydrogens is 274 g/mol. The van der Waals surface area contributed by atoms with Crippen LogP contribution < -0.4 is 4.72 Å². The minimum atomic E-state index is -3.42. The molecule has 18 heavy (non-hydrogen) atoms. The number of nitrogens with zero attached hydrogens (tertiary/aromatic N) is 1. The molecule has 0 bridgehead atoms. The van der Waals surface area contributed by atoms with Crippen LogP contribution in [0.2, 0.25) is 0 Å². The summed E-state index contributed by atoms with van der Waals surface area (Å²) in [6.07, 6.45) is 0. The van der Waals surface area contributed by atoms with Crippen molar-refractivity contribution in [1.82, 2.24) is 9.97 Å². The van der Waals surface area contributed by atoms with Gasteiger partial charge in [-0.25, -0.2) is 13.4 Å². The number of aromatic nitrogens is 2. The zero-order chi connectivity index (χ0) is 13.2. The monoisotopic (exact) mass is 287 g/mol. The molecular formula is C11H14ClN3O2S. The maximum absolute atomic E-state index is 11.8. The van der Waals surface area contributed by atoms with Gasteiger partial charge in [-0.3, -0.25) is 4.72 Å². The van der Waals surface area contributed by atoms with Gasteiger partial charge in [0.05, 0.1) is 16.8 Å². The van der Waals surface area contributed by atoms with E-state index in [1.165, 1.54) is 0 Å². The van der Waals surface area contributed by atoms with Crippen molar-refractivity contribution in [3.8, 4) is 0 Å². The number of para-hydroxylation sites is 2. The molecule has 0 saturated carbocycles. The van der Waals surface area contributed by atoms with E-state index in [4.69, 9.17) is 11.6 Å². The molecule has 0 amide bonds. The molecule has 2 N–H and O–H groups in total. The van der Waals surface area contributed by atoms with E-state index in [2.05, 4.69) is 14.7 Å². The molecule has 0 saturated heterocycles. The first kappa shape index (κ1) is 13.2. The molecule has 7 heteroatoms. The van der Waals surface area contributed by atoms with Crippen LogP contribution in [0.4, 0.5) is 5.95 Å². The minimum absolute atomic E-state index is 0.0203. The van der Waals surface area contributed by atoms with E-state index in [1.807, 2.05) is 24.3 Å². The number of halogens is 1. The smallest absolute Gasteiger partial charge is 0.235 e. The summed E-state index contributed by atoms with van der Waals surface area (Å²) in [4.78, 5) is 7.06. The molecule has 1 aromatic heterocycles. The van der Waals surface area contributed by atoms with Crippen molar-refractivity contribution in [3.05, 3.63) is 24.3 Å². The molecule has 1 unspecified atom stereocenters. The van der Waals surface area contributed by atoms with Crippen LogP contribution in [0.25, 0.3) is 11.0 Å². The quantitative estimate of drug-likeness (QED) is 0.828. The molecule has 5 nitrogen and oxygen atoms in total. The molecule has 0 spiro atoms. The fourth-order valence-corrected chi connectivity index (χ4v) is 3.19. The molecule has 1 aromatic carbocycles. The first-order valence-electron chi connectivity index (χ1n) is 5.51. The number of rotatable bonds is 5. The van der Waals surface area contributed by atoms with Crippen LogP contribution in [0.5, 0.6) is 0 Å². The summed E-state index contributed by atoms with van der Waals surface area (Å²) in [6.45, 7) is 1.78. The Morgan fingerprint density at radius 1 is 1.44 bits per heavy atom. The van der Waals surface area contributed by atoms with Gasteiger partial charge in [0.2, 0.25) is 16.0 Å². The standard InChI is InChI=1S/C11H14ClN3O2S/c1-8(6-12)7-18(16,17)15-11-13-9-4-2-3-5-10(9)14-11/h2-5,8H,6-7H2,1H3,(H2,13,14,15). The average molecular weight is 288 g/mol. The van der Waals surface area contributed by atoms with Gasteiger partial charge in [0, 0.05) is 5.88 Å². The lowest BCUT2D eigenvalue weighted by Gasteiger charge is -2.08. The molecule has 1 atom stereocenters. The molecule has 0 radical (unpaired) electrons. The number of fused-ring (bicyclic) bond motifs is 1. The number of hydrogen-bond donors (Lipinski definition) is 2. The molecule has 2 aromatic rings. The topological polar surface area (TPSA) is 74.8 Å². The predicted molar refractivity (Wildman–Crippen MR) is 73.4 cm³/mol. The summed E-state index contributed by atoms with van der Waals surface area (Å²) in [7, 11) is -3.42. The van der Waals surface area contributed by atoms with Crippen LogP contribution in [0.15, 0.2) is 24.3 Å². The Morgan fingerprint density at radius 3 is 2.83 bits per heavy atom. The SMILES string of the molecule is CC(CCl)CS(=O)(=O)Nc1nc2ccccc2[nH]1.